The lowest BCUT2D eigenvalue weighted by Crippen LogP contribution is -2.45. The van der Waals surface area contributed by atoms with E-state index in [4.69, 9.17) is 4.99 Å². The topological polar surface area (TPSA) is 95.7 Å². The quantitative estimate of drug-likeness (QED) is 0.167. The number of nitro groups is 1. The third-order valence-electron chi connectivity index (χ3n) is 5.38. The molecule has 1 aliphatic heterocycles. The molecule has 2 aromatic rings. The van der Waals surface area contributed by atoms with Crippen LogP contribution < -0.4 is 10.6 Å². The van der Waals surface area contributed by atoms with Crippen molar-refractivity contribution in [3.8, 4) is 0 Å². The highest BCUT2D eigenvalue weighted by Gasteiger charge is 2.22. The molecule has 31 heavy (non-hydrogen) atoms. The molecule has 1 aliphatic rings. The van der Waals surface area contributed by atoms with Crippen LogP contribution in [0.3, 0.4) is 0 Å². The number of pyridine rings is 1. The Morgan fingerprint density at radius 1 is 1.26 bits per heavy atom. The summed E-state index contributed by atoms with van der Waals surface area (Å²) in [7, 11) is 0. The average Bonchev–Trinajstić information content (AvgIpc) is 3.24. The summed E-state index contributed by atoms with van der Waals surface area (Å²) in [6, 6.07) is 13.0. The molecular formula is C22H31IN6O2. The number of nitrogens with one attached hydrogen (secondary N) is 2. The summed E-state index contributed by atoms with van der Waals surface area (Å²) < 4.78 is 0. The first kappa shape index (κ1) is 25.0. The predicted molar refractivity (Wildman–Crippen MR) is 134 cm³/mol. The van der Waals surface area contributed by atoms with E-state index in [0.29, 0.717) is 12.6 Å². The van der Waals surface area contributed by atoms with Crippen LogP contribution in [-0.4, -0.2) is 53.0 Å². The number of halogens is 1. The Balaban J connectivity index is 0.00000341. The lowest BCUT2D eigenvalue weighted by Gasteiger charge is -2.24. The maximum atomic E-state index is 10.8. The Kier molecular flexibility index (Phi) is 10.6. The second kappa shape index (κ2) is 13.2. The zero-order valence-corrected chi connectivity index (χ0v) is 20.2. The Morgan fingerprint density at radius 2 is 2.06 bits per heavy atom. The van der Waals surface area contributed by atoms with Crippen LogP contribution in [0.1, 0.15) is 31.0 Å². The molecule has 1 aromatic carbocycles. The molecule has 168 valence electrons. The SMILES string of the molecule is CCN1CCCC1CNC(=NCc1ccc([N+](=O)[O-])cc1)NCCc1ccccn1.I. The van der Waals surface area contributed by atoms with Crippen LogP contribution >= 0.6 is 24.0 Å². The summed E-state index contributed by atoms with van der Waals surface area (Å²) in [5.74, 6) is 0.757. The van der Waals surface area contributed by atoms with E-state index in [1.165, 1.54) is 25.0 Å². The maximum Gasteiger partial charge on any atom is 0.269 e. The fourth-order valence-corrected chi connectivity index (χ4v) is 3.68. The molecular weight excluding hydrogens is 507 g/mol. The van der Waals surface area contributed by atoms with Crippen molar-refractivity contribution in [2.24, 2.45) is 4.99 Å². The van der Waals surface area contributed by atoms with Crippen LogP contribution in [0.25, 0.3) is 0 Å². The number of aromatic nitrogens is 1. The van der Waals surface area contributed by atoms with Gasteiger partial charge in [0.1, 0.15) is 0 Å². The van der Waals surface area contributed by atoms with Gasteiger partial charge in [0.25, 0.3) is 5.69 Å². The third kappa shape index (κ3) is 8.06. The Morgan fingerprint density at radius 3 is 2.74 bits per heavy atom. The van der Waals surface area contributed by atoms with Gasteiger partial charge >= 0.3 is 0 Å². The highest BCUT2D eigenvalue weighted by molar-refractivity contribution is 14.0. The van der Waals surface area contributed by atoms with Crippen LogP contribution in [0.5, 0.6) is 0 Å². The summed E-state index contributed by atoms with van der Waals surface area (Å²) >= 11 is 0. The molecule has 8 nitrogen and oxygen atoms in total. The van der Waals surface area contributed by atoms with Crippen molar-refractivity contribution in [2.75, 3.05) is 26.2 Å². The van der Waals surface area contributed by atoms with Gasteiger partial charge in [0, 0.05) is 49.6 Å². The summed E-state index contributed by atoms with van der Waals surface area (Å²) in [5, 5.41) is 17.7. The lowest BCUT2D eigenvalue weighted by atomic mass is 10.2. The number of hydrogen-bond donors (Lipinski definition) is 2. The molecule has 0 saturated carbocycles. The predicted octanol–water partition coefficient (Wildman–Crippen LogP) is 3.37. The van der Waals surface area contributed by atoms with E-state index in [-0.39, 0.29) is 34.6 Å². The summed E-state index contributed by atoms with van der Waals surface area (Å²) in [4.78, 5) is 22.0. The molecule has 2 N–H and O–H groups in total. The number of nitrogens with zero attached hydrogens (tertiary/aromatic N) is 4. The number of non-ortho nitro benzene ring substituents is 1. The highest BCUT2D eigenvalue weighted by atomic mass is 127. The fourth-order valence-electron chi connectivity index (χ4n) is 3.68. The van der Waals surface area contributed by atoms with Crippen molar-refractivity contribution in [3.05, 3.63) is 70.0 Å². The minimum absolute atomic E-state index is 0. The van der Waals surface area contributed by atoms with Gasteiger partial charge in [-0.25, -0.2) is 4.99 Å². The fraction of sp³-hybridized carbons (Fsp3) is 0.455. The number of likely N-dealkylation sites (N-methyl/N-ethyl adjacent to an activating group) is 1. The summed E-state index contributed by atoms with van der Waals surface area (Å²) in [6.07, 6.45) is 5.05. The van der Waals surface area contributed by atoms with Crippen LogP contribution in [0.15, 0.2) is 53.7 Å². The van der Waals surface area contributed by atoms with E-state index in [0.717, 1.165) is 49.8 Å². The van der Waals surface area contributed by atoms with Gasteiger partial charge in [-0.3, -0.25) is 20.0 Å². The van der Waals surface area contributed by atoms with Crippen molar-refractivity contribution >= 4 is 35.6 Å². The van der Waals surface area contributed by atoms with E-state index in [9.17, 15) is 10.1 Å². The number of rotatable bonds is 9. The monoisotopic (exact) mass is 538 g/mol. The normalized spacial score (nSPS) is 16.5. The van der Waals surface area contributed by atoms with E-state index < -0.39 is 0 Å². The largest absolute Gasteiger partial charge is 0.356 e. The van der Waals surface area contributed by atoms with Crippen molar-refractivity contribution < 1.29 is 4.92 Å². The molecule has 0 radical (unpaired) electrons. The Hall–Kier alpha value is -2.27. The molecule has 1 unspecified atom stereocenters. The van der Waals surface area contributed by atoms with Crippen molar-refractivity contribution in [3.63, 3.8) is 0 Å². The first-order valence-corrected chi connectivity index (χ1v) is 10.5. The second-order valence-corrected chi connectivity index (χ2v) is 7.39. The number of hydrogen-bond acceptors (Lipinski definition) is 5. The number of guanidine groups is 1. The molecule has 0 bridgehead atoms. The van der Waals surface area contributed by atoms with Crippen LogP contribution in [0.2, 0.25) is 0 Å². The molecule has 1 saturated heterocycles. The number of benzene rings is 1. The van der Waals surface area contributed by atoms with Gasteiger partial charge in [0.15, 0.2) is 5.96 Å². The van der Waals surface area contributed by atoms with Gasteiger partial charge in [0.2, 0.25) is 0 Å². The first-order chi connectivity index (χ1) is 14.7. The van der Waals surface area contributed by atoms with Crippen molar-refractivity contribution in [1.82, 2.24) is 20.5 Å². The molecule has 0 spiro atoms. The minimum atomic E-state index is -0.389. The highest BCUT2D eigenvalue weighted by Crippen LogP contribution is 2.15. The summed E-state index contributed by atoms with van der Waals surface area (Å²) in [5.41, 5.74) is 2.06. The first-order valence-electron chi connectivity index (χ1n) is 10.5. The molecule has 0 aliphatic carbocycles. The maximum absolute atomic E-state index is 10.8. The van der Waals surface area contributed by atoms with E-state index in [1.807, 2.05) is 18.2 Å². The molecule has 1 atom stereocenters. The number of likely N-dealkylation sites (tertiary alicyclic amines) is 1. The smallest absolute Gasteiger partial charge is 0.269 e. The molecule has 1 aromatic heterocycles. The molecule has 3 rings (SSSR count). The minimum Gasteiger partial charge on any atom is -0.356 e. The van der Waals surface area contributed by atoms with Crippen LogP contribution in [-0.2, 0) is 13.0 Å². The standard InChI is InChI=1S/C22H30N6O2.HI/c1-2-27-15-5-7-21(27)17-26-22(24-14-12-19-6-3-4-13-23-19)25-16-18-8-10-20(11-9-18)28(29)30;/h3-4,6,8-11,13,21H,2,5,7,12,14-17H2,1H3,(H2,24,25,26);1H. The van der Waals surface area contributed by atoms with Gasteiger partial charge < -0.3 is 10.6 Å². The lowest BCUT2D eigenvalue weighted by molar-refractivity contribution is -0.384. The van der Waals surface area contributed by atoms with Crippen LogP contribution in [0, 0.1) is 10.1 Å². The van der Waals surface area contributed by atoms with E-state index in [2.05, 4.69) is 27.4 Å². The second-order valence-electron chi connectivity index (χ2n) is 7.39. The number of aliphatic imine (C=N–C) groups is 1. The number of nitro benzene ring substituents is 1. The van der Waals surface area contributed by atoms with Crippen molar-refractivity contribution in [2.45, 2.75) is 38.8 Å². The zero-order valence-electron chi connectivity index (χ0n) is 17.9. The van der Waals surface area contributed by atoms with E-state index in [1.54, 1.807) is 18.3 Å². The van der Waals surface area contributed by atoms with Gasteiger partial charge in [0.05, 0.1) is 11.5 Å². The molecule has 0 amide bonds. The van der Waals surface area contributed by atoms with Crippen LogP contribution in [0.4, 0.5) is 5.69 Å². The average molecular weight is 538 g/mol. The zero-order chi connectivity index (χ0) is 21.2. The van der Waals surface area contributed by atoms with Gasteiger partial charge in [-0.2, -0.15) is 0 Å². The van der Waals surface area contributed by atoms with Gasteiger partial charge in [-0.05, 0) is 43.6 Å². The third-order valence-corrected chi connectivity index (χ3v) is 5.38. The summed E-state index contributed by atoms with van der Waals surface area (Å²) in [6.45, 7) is 6.46. The van der Waals surface area contributed by atoms with E-state index >= 15 is 0 Å². The molecule has 1 fully saturated rings. The molecule has 9 heteroatoms. The van der Waals surface area contributed by atoms with Crippen molar-refractivity contribution in [1.29, 1.82) is 0 Å². The Bertz CT molecular complexity index is 832. The molecule has 2 heterocycles. The van der Waals surface area contributed by atoms with Gasteiger partial charge in [-0.1, -0.05) is 25.1 Å². The van der Waals surface area contributed by atoms with Gasteiger partial charge in [-0.15, -0.1) is 24.0 Å². The Labute approximate surface area is 200 Å².